The highest BCUT2D eigenvalue weighted by Gasteiger charge is 2.22. The van der Waals surface area contributed by atoms with Gasteiger partial charge in [-0.05, 0) is 99.8 Å². The molecule has 4 heteroatoms. The van der Waals surface area contributed by atoms with Crippen LogP contribution in [0.15, 0.2) is 121 Å². The summed E-state index contributed by atoms with van der Waals surface area (Å²) in [6, 6.07) is 47.5. The van der Waals surface area contributed by atoms with Crippen molar-refractivity contribution >= 4 is 43.6 Å². The van der Waals surface area contributed by atoms with Crippen LogP contribution >= 0.6 is 0 Å². The smallest absolute Gasteiger partial charge is 0.0992 e. The predicted molar refractivity (Wildman–Crippen MR) is 207 cm³/mol. The van der Waals surface area contributed by atoms with E-state index in [9.17, 15) is 10.5 Å². The number of benzene rings is 6. The zero-order valence-corrected chi connectivity index (χ0v) is 29.3. The van der Waals surface area contributed by atoms with Gasteiger partial charge in [-0.15, -0.1) is 0 Å². The molecule has 0 amide bonds. The molecular weight excluding hydrogens is 609 g/mol. The highest BCUT2D eigenvalue weighted by molar-refractivity contribution is 6.17. The summed E-state index contributed by atoms with van der Waals surface area (Å²) in [7, 11) is 0. The summed E-state index contributed by atoms with van der Waals surface area (Å²) in [4.78, 5) is 0. The third-order valence-corrected chi connectivity index (χ3v) is 10.0. The van der Waals surface area contributed by atoms with E-state index in [0.29, 0.717) is 11.1 Å². The van der Waals surface area contributed by atoms with E-state index in [0.717, 1.165) is 49.8 Å². The van der Waals surface area contributed by atoms with Gasteiger partial charge in [0.05, 0.1) is 45.3 Å². The Morgan fingerprint density at radius 1 is 0.460 bits per heavy atom. The highest BCUT2D eigenvalue weighted by atomic mass is 15.0. The second kappa shape index (κ2) is 11.2. The largest absolute Gasteiger partial charge is 0.309 e. The minimum Gasteiger partial charge on any atom is -0.309 e. The third-order valence-electron chi connectivity index (χ3n) is 10.0. The molecule has 0 spiro atoms. The second-order valence-electron chi connectivity index (χ2n) is 15.4. The van der Waals surface area contributed by atoms with Gasteiger partial charge < -0.3 is 9.13 Å². The zero-order valence-electron chi connectivity index (χ0n) is 29.3. The number of nitriles is 2. The normalized spacial score (nSPS) is 12.2. The number of nitrogens with zero attached hydrogens (tertiary/aromatic N) is 4. The van der Waals surface area contributed by atoms with Crippen LogP contribution in [0.1, 0.15) is 63.8 Å². The van der Waals surface area contributed by atoms with Crippen LogP contribution in [0.5, 0.6) is 0 Å². The molecule has 50 heavy (non-hydrogen) atoms. The Morgan fingerprint density at radius 2 is 1.06 bits per heavy atom. The molecule has 0 atom stereocenters. The van der Waals surface area contributed by atoms with Crippen LogP contribution < -0.4 is 0 Å². The van der Waals surface area contributed by atoms with E-state index in [4.69, 9.17) is 0 Å². The Kier molecular flexibility index (Phi) is 7.00. The van der Waals surface area contributed by atoms with Gasteiger partial charge in [-0.25, -0.2) is 0 Å². The van der Waals surface area contributed by atoms with Gasteiger partial charge in [-0.1, -0.05) is 96.1 Å². The molecular formula is C46H38N4. The Labute approximate surface area is 293 Å². The van der Waals surface area contributed by atoms with Crippen molar-refractivity contribution in [2.75, 3.05) is 0 Å². The lowest BCUT2D eigenvalue weighted by molar-refractivity contribution is 0.591. The van der Waals surface area contributed by atoms with Gasteiger partial charge >= 0.3 is 0 Å². The van der Waals surface area contributed by atoms with Gasteiger partial charge in [-0.3, -0.25) is 0 Å². The van der Waals surface area contributed by atoms with Crippen LogP contribution in [0, 0.1) is 22.7 Å². The molecule has 0 aliphatic heterocycles. The minimum atomic E-state index is -0.0479. The maximum atomic E-state index is 9.85. The molecule has 0 saturated carbocycles. The number of rotatable bonds is 3. The van der Waals surface area contributed by atoms with Crippen molar-refractivity contribution in [2.24, 2.45) is 0 Å². The Hall–Kier alpha value is -6.10. The van der Waals surface area contributed by atoms with Crippen molar-refractivity contribution in [2.45, 2.75) is 52.4 Å². The summed E-state index contributed by atoms with van der Waals surface area (Å²) < 4.78 is 4.59. The first-order valence-electron chi connectivity index (χ1n) is 17.1. The molecule has 242 valence electrons. The lowest BCUT2D eigenvalue weighted by atomic mass is 9.86. The average Bonchev–Trinajstić information content (AvgIpc) is 3.62. The summed E-state index contributed by atoms with van der Waals surface area (Å²) in [6.07, 6.45) is 0. The molecule has 0 fully saturated rings. The van der Waals surface area contributed by atoms with Crippen LogP contribution in [0.2, 0.25) is 0 Å². The molecule has 0 aliphatic carbocycles. The molecule has 2 heterocycles. The molecule has 0 saturated heterocycles. The maximum absolute atomic E-state index is 9.85. The summed E-state index contributed by atoms with van der Waals surface area (Å²) >= 11 is 0. The van der Waals surface area contributed by atoms with Crippen molar-refractivity contribution in [3.8, 4) is 34.6 Å². The number of hydrogen-bond donors (Lipinski definition) is 0. The third kappa shape index (κ3) is 4.96. The molecule has 2 aromatic heterocycles. The minimum absolute atomic E-state index is 0.0336. The van der Waals surface area contributed by atoms with Crippen molar-refractivity contribution in [3.05, 3.63) is 144 Å². The van der Waals surface area contributed by atoms with Crippen molar-refractivity contribution in [1.29, 1.82) is 10.5 Å². The lowest BCUT2D eigenvalue weighted by Crippen LogP contribution is -2.10. The molecule has 0 unspecified atom stereocenters. The maximum Gasteiger partial charge on any atom is 0.0992 e. The van der Waals surface area contributed by atoms with Gasteiger partial charge in [0.2, 0.25) is 0 Å². The van der Waals surface area contributed by atoms with Gasteiger partial charge in [0, 0.05) is 32.9 Å². The fourth-order valence-corrected chi connectivity index (χ4v) is 7.44. The van der Waals surface area contributed by atoms with Gasteiger partial charge in [0.1, 0.15) is 0 Å². The topological polar surface area (TPSA) is 57.4 Å². The number of fused-ring (bicyclic) bond motifs is 6. The molecule has 8 rings (SSSR count). The van der Waals surface area contributed by atoms with E-state index < -0.39 is 0 Å². The Morgan fingerprint density at radius 3 is 1.68 bits per heavy atom. The van der Waals surface area contributed by atoms with Crippen LogP contribution in [0.3, 0.4) is 0 Å². The van der Waals surface area contributed by atoms with Gasteiger partial charge in [-0.2, -0.15) is 10.5 Å². The second-order valence-corrected chi connectivity index (χ2v) is 15.4. The Balaban J connectivity index is 1.47. The molecule has 6 aromatic carbocycles. The number of para-hydroxylation sites is 1. The molecule has 0 radical (unpaired) electrons. The van der Waals surface area contributed by atoms with E-state index in [1.54, 1.807) is 6.07 Å². The summed E-state index contributed by atoms with van der Waals surface area (Å²) in [5.74, 6) is 0. The lowest BCUT2D eigenvalue weighted by Gasteiger charge is -2.19. The first kappa shape index (κ1) is 31.2. The van der Waals surface area contributed by atoms with Crippen LogP contribution in [-0.4, -0.2) is 9.13 Å². The first-order valence-corrected chi connectivity index (χ1v) is 17.1. The van der Waals surface area contributed by atoms with E-state index in [-0.39, 0.29) is 10.8 Å². The predicted octanol–water partition coefficient (Wildman–Crippen LogP) is 11.9. The SMILES string of the molecule is CC(C)(C)c1ccc2c(c1)c1ccc(-c3cccc4c3c3cc(C(C)(C)C)ccc3n4-c3cc(C#N)cc(C#N)c3)cc1n2-c1ccccc1. The van der Waals surface area contributed by atoms with E-state index >= 15 is 0 Å². The number of aromatic nitrogens is 2. The van der Waals surface area contributed by atoms with Crippen molar-refractivity contribution in [1.82, 2.24) is 9.13 Å². The quantitative estimate of drug-likeness (QED) is 0.192. The monoisotopic (exact) mass is 646 g/mol. The highest BCUT2D eigenvalue weighted by Crippen LogP contribution is 2.43. The molecule has 0 bridgehead atoms. The fraction of sp³-hybridized carbons (Fsp3) is 0.174. The van der Waals surface area contributed by atoms with Crippen LogP contribution in [-0.2, 0) is 10.8 Å². The van der Waals surface area contributed by atoms with Crippen molar-refractivity contribution < 1.29 is 0 Å². The van der Waals surface area contributed by atoms with E-state index in [1.807, 2.05) is 12.1 Å². The summed E-state index contributed by atoms with van der Waals surface area (Å²) in [6.45, 7) is 13.5. The van der Waals surface area contributed by atoms with Crippen LogP contribution in [0.25, 0.3) is 66.1 Å². The average molecular weight is 647 g/mol. The van der Waals surface area contributed by atoms with E-state index in [2.05, 4.69) is 166 Å². The van der Waals surface area contributed by atoms with Gasteiger partial charge in [0.15, 0.2) is 0 Å². The molecule has 8 aromatic rings. The molecule has 4 nitrogen and oxygen atoms in total. The van der Waals surface area contributed by atoms with Gasteiger partial charge in [0.25, 0.3) is 0 Å². The number of hydrogen-bond acceptors (Lipinski definition) is 2. The Bertz CT molecular complexity index is 2700. The van der Waals surface area contributed by atoms with Crippen molar-refractivity contribution in [3.63, 3.8) is 0 Å². The van der Waals surface area contributed by atoms with Crippen LogP contribution in [0.4, 0.5) is 0 Å². The standard InChI is InChI=1S/C46H38N4/c1-45(2,3)32-16-19-40-38(25-32)37-18-15-31(24-43(37)49(40)34-11-8-7-9-12-34)36-13-10-14-42-44(36)39-26-33(46(4,5)6)17-20-41(39)50(42)35-22-29(27-47)21-30(23-35)28-48/h7-26H,1-6H3. The zero-order chi connectivity index (χ0) is 34.9. The summed E-state index contributed by atoms with van der Waals surface area (Å²) in [5, 5.41) is 24.5. The molecule has 0 N–H and O–H groups in total. The van der Waals surface area contributed by atoms with E-state index in [1.165, 1.54) is 27.4 Å². The molecule has 0 aliphatic rings. The fourth-order valence-electron chi connectivity index (χ4n) is 7.44. The first-order chi connectivity index (χ1) is 24.0. The summed E-state index contributed by atoms with van der Waals surface area (Å²) in [5.41, 5.74) is 12.1.